The Morgan fingerprint density at radius 3 is 0.312 bits per heavy atom. The summed E-state index contributed by atoms with van der Waals surface area (Å²) in [6, 6.07) is 0. The number of hydrogen-bond acceptors (Lipinski definition) is 56. The third kappa shape index (κ3) is 32.4. The molecule has 0 spiro atoms. The largest absolute Gasteiger partial charge is 0.387 e. The van der Waals surface area contributed by atoms with Crippen molar-refractivity contribution in [2.75, 3.05) is 86.7 Å². The zero-order valence-electron chi connectivity index (χ0n) is 64.7. The van der Waals surface area contributed by atoms with Crippen LogP contribution < -0.4 is 0 Å². The van der Waals surface area contributed by atoms with E-state index in [1.807, 2.05) is 0 Å². The van der Waals surface area contributed by atoms with Crippen molar-refractivity contribution in [2.24, 2.45) is 0 Å². The Bertz CT molecular complexity index is 3690. The average Bonchev–Trinajstić information content (AvgIpc) is 0.769. The lowest BCUT2D eigenvalue weighted by Crippen LogP contribution is -2.69. The Hall–Kier alpha value is 0.800. The van der Waals surface area contributed by atoms with Gasteiger partial charge in [0.15, 0.2) is 50.3 Å². The van der Waals surface area contributed by atoms with E-state index < -0.39 is 413 Å². The molecule has 0 saturated carbocycles. The Labute approximate surface area is 762 Å². The summed E-state index contributed by atoms with van der Waals surface area (Å²) < 4.78 is 368. The Kier molecular flexibility index (Phi) is 41.4. The molecule has 0 aromatic carbocycles. The van der Waals surface area contributed by atoms with Crippen LogP contribution in [-0.2, 0) is 157 Å². The fourth-order valence-corrected chi connectivity index (χ4v) is 27.8. The van der Waals surface area contributed by atoms with Gasteiger partial charge in [0.2, 0.25) is 0 Å². The lowest BCUT2D eigenvalue weighted by molar-refractivity contribution is -0.396. The van der Waals surface area contributed by atoms with E-state index in [4.69, 9.17) is 75.8 Å². The second-order valence-corrected chi connectivity index (χ2v) is 52.3. The van der Waals surface area contributed by atoms with Gasteiger partial charge < -0.3 is 157 Å². The van der Waals surface area contributed by atoms with Gasteiger partial charge in [0.25, 0.3) is 80.9 Å². The van der Waals surface area contributed by atoms with E-state index in [1.54, 1.807) is 0 Å². The molecule has 30 rings (SSSR count). The molecule has 0 amide bonds. The first-order valence-electron chi connectivity index (χ1n) is 36.7. The Morgan fingerprint density at radius 1 is 0.148 bits per heavy atom. The van der Waals surface area contributed by atoms with E-state index in [9.17, 15) is 185 Å². The maximum atomic E-state index is 12.1. The number of thioether (sulfide) groups is 8. The zero-order valence-corrected chi connectivity index (χ0v) is 77.8. The van der Waals surface area contributed by atoms with Crippen molar-refractivity contribution in [2.45, 2.75) is 246 Å². The smallest absolute Gasteiger partial charge is 0.274 e. The molecule has 30 saturated heterocycles. The monoisotopic (exact) mass is 2180 g/mol. The van der Waals surface area contributed by atoms with Crippen molar-refractivity contribution in [1.29, 1.82) is 0 Å². The van der Waals surface area contributed by atoms with Gasteiger partial charge in [-0.1, -0.05) is 0 Å². The first kappa shape index (κ1) is 112. The summed E-state index contributed by atoms with van der Waals surface area (Å²) >= 11 is 2.15. The maximum absolute atomic E-state index is 12.1. The fraction of sp³-hybridized carbons (Fsp3) is 1.00. The van der Waals surface area contributed by atoms with Gasteiger partial charge in [-0.3, -0.25) is 36.4 Å². The molecule has 30 heterocycles. The molecular weight excluding hydrogens is 2080 g/mol. The van der Waals surface area contributed by atoms with Crippen LogP contribution in [0.1, 0.15) is 0 Å². The number of hydrogen-bond donors (Lipinski definition) is 24. The second kappa shape index (κ2) is 47.1. The number of aliphatic hydroxyl groups is 16. The van der Waals surface area contributed by atoms with Crippen LogP contribution in [0.25, 0.3) is 0 Å². The minimum absolute atomic E-state index is 0.268. The minimum Gasteiger partial charge on any atom is -0.387 e. The van der Waals surface area contributed by atoms with Crippen molar-refractivity contribution in [3.05, 3.63) is 0 Å². The number of aliphatic hydroxyl groups excluding tert-OH is 16. The summed E-state index contributed by atoms with van der Waals surface area (Å²) in [7, 11) is -39.6. The van der Waals surface area contributed by atoms with E-state index in [-0.39, 0.29) is 94.1 Å². The summed E-state index contributed by atoms with van der Waals surface area (Å²) in [6.07, 6.45) is -94.8. The summed E-state index contributed by atoms with van der Waals surface area (Å²) in [5, 5.41) is 183. The van der Waals surface area contributed by atoms with Crippen LogP contribution >= 0.6 is 94.1 Å². The molecule has 72 heteroatoms. The van der Waals surface area contributed by atoms with Crippen molar-refractivity contribution in [1.82, 2.24) is 0 Å². The molecule has 16 bridgehead atoms. The topological polar surface area (TPSA) is 906 Å². The van der Waals surface area contributed by atoms with E-state index in [0.29, 0.717) is 0 Å². The third-order valence-corrected chi connectivity index (χ3v) is 38.9. The van der Waals surface area contributed by atoms with Crippen molar-refractivity contribution in [3.8, 4) is 0 Å². The van der Waals surface area contributed by atoms with Gasteiger partial charge in [-0.05, 0) is 0 Å². The molecule has 30 aliphatic rings. The van der Waals surface area contributed by atoms with Gasteiger partial charge in [-0.2, -0.15) is 67.3 Å². The number of ether oxygens (including phenoxy) is 16. The van der Waals surface area contributed by atoms with Crippen LogP contribution in [0.15, 0.2) is 0 Å². The highest BCUT2D eigenvalue weighted by Crippen LogP contribution is 2.43. The first-order chi connectivity index (χ1) is 59.1. The standard InChI is InChI=1S/C56H96O56S16/c57-25-33(65)49-97-17(1-113-9-121(73,74)75)41(25)105-50-34(66)26(58)43(19(98-50)3-115-11-123(79,80)81)107-52-36(68)28(60)45(21(100-52)5-117-13-125(85,86)87)109-54-38(70)30(62)47(23(102-54)7-119-15-127(91,92)93)111-56-40(72)32(64)48(24(104-56)8-120-16-128(94,95)96)112-55-39(71)31(63)46(22(103-55)6-118-14-126(88,89)90)110-53-37(69)29(61)44(20(101-53)4-116-12-124(82,83)84)108-51-35(67)27(59)42(106-49)18(99-51)2-114-10-122(76,77)78/h17-72H,1-16H2,(H,73,74,75)(H,76,77,78)(H,79,80,81)(H,82,83,84)(H,85,86,87)(H,88,89,90)(H,91,92,93)(H,94,95,96)/t17-,18-,19-,20-,21-,22-,23-,24-,25-,26-,27-,28-,29-,30-,31-,32-,33-,34-,35-,36-,37-,38-,39-,40-,41-,42-,43-,44-,45-,46-,47-,48-,49-,50-,51-,52-,53-,54-,55-,56-/m1/s1. The SMILES string of the molecule is O=S(=O)(O)CSC[C@H]1O[C@@H]2O[C@H]3[C@H](O)[C@@H](O)[C@@H](O[C@H]4[C@H](O)[C@@H](O)[C@@H](O[C@H]5[C@H](O)[C@@H](O)[C@@H](O[C@H]6[C@H](O)[C@@H](O)[C@@H](O[C@H]7[C@H](O)[C@@H](O)[C@@H](O[C@H]8[C@H](O)[C@@H](O)[C@@H](O[C@H]9[C@H](O)[C@@H](O)[C@@H](O[C@H]1[C@H](O)[C@H]2O)O[C@@H]9CSCS(=O)(=O)O)O[C@@H]8CSCS(=O)(=O)O)O[C@@H]7CSCS(=O)(=O)O)O[C@@H]6CSCS(=O)(=O)O)O[C@@H]5CSCS(=O)(=O)O)O[C@@H]4CSCS(=O)(=O)O)O[C@@H]3CSCS(=O)(=O)O. The summed E-state index contributed by atoms with van der Waals surface area (Å²) in [4.78, 5) is 0. The molecule has 0 aromatic heterocycles. The highest BCUT2D eigenvalue weighted by atomic mass is 32.3. The van der Waals surface area contributed by atoms with E-state index in [0.717, 1.165) is 0 Å². The molecule has 24 N–H and O–H groups in total. The first-order valence-corrected chi connectivity index (χ1v) is 58.8. The molecule has 30 fully saturated rings. The van der Waals surface area contributed by atoms with Gasteiger partial charge in [0.05, 0.1) is 48.8 Å². The van der Waals surface area contributed by atoms with Gasteiger partial charge in [0.1, 0.15) is 187 Å². The maximum Gasteiger partial charge on any atom is 0.274 e. The van der Waals surface area contributed by atoms with Crippen molar-refractivity contribution >= 4 is 175 Å². The minimum atomic E-state index is -4.95. The molecule has 56 nitrogen and oxygen atoms in total. The van der Waals surface area contributed by atoms with Gasteiger partial charge >= 0.3 is 0 Å². The lowest BCUT2D eigenvalue weighted by atomic mass is 9.95. The van der Waals surface area contributed by atoms with Crippen LogP contribution in [0, 0.1) is 0 Å². The van der Waals surface area contributed by atoms with Gasteiger partial charge in [0, 0.05) is 46.0 Å². The van der Waals surface area contributed by atoms with Gasteiger partial charge in [-0.15, -0.1) is 94.1 Å². The van der Waals surface area contributed by atoms with E-state index in [1.165, 1.54) is 0 Å². The van der Waals surface area contributed by atoms with Crippen LogP contribution in [0.5, 0.6) is 0 Å². The molecule has 0 aliphatic carbocycles. The quantitative estimate of drug-likeness (QED) is 0.0278. The molecule has 0 unspecified atom stereocenters. The Balaban J connectivity index is 1.14. The fourth-order valence-electron chi connectivity index (χ4n) is 14.0. The molecule has 0 aromatic rings. The van der Waals surface area contributed by atoms with E-state index >= 15 is 0 Å². The van der Waals surface area contributed by atoms with Gasteiger partial charge in [-0.25, -0.2) is 0 Å². The zero-order chi connectivity index (χ0) is 95.4. The van der Waals surface area contributed by atoms with Crippen molar-refractivity contribution < 1.29 is 261 Å². The predicted molar refractivity (Wildman–Crippen MR) is 435 cm³/mol. The molecule has 30 aliphatic heterocycles. The summed E-state index contributed by atoms with van der Waals surface area (Å²) in [5.74, 6) is -6.69. The predicted octanol–water partition coefficient (Wildman–Crippen LogP) is -12.7. The highest BCUT2D eigenvalue weighted by Gasteiger charge is 2.61. The van der Waals surface area contributed by atoms with Crippen LogP contribution in [0.2, 0.25) is 0 Å². The van der Waals surface area contributed by atoms with Crippen LogP contribution in [0.4, 0.5) is 0 Å². The van der Waals surface area contributed by atoms with E-state index in [2.05, 4.69) is 0 Å². The van der Waals surface area contributed by atoms with Crippen LogP contribution in [0.3, 0.4) is 0 Å². The normalized spacial score (nSPS) is 42.8. The van der Waals surface area contributed by atoms with Crippen molar-refractivity contribution in [3.63, 3.8) is 0 Å². The highest BCUT2D eigenvalue weighted by molar-refractivity contribution is 8.13. The Morgan fingerprint density at radius 2 is 0.234 bits per heavy atom. The molecule has 128 heavy (non-hydrogen) atoms. The second-order valence-electron chi connectivity index (χ2n) is 29.6. The summed E-state index contributed by atoms with van der Waals surface area (Å²) in [5.41, 5.74) is 0. The molecule has 752 valence electrons. The molecule has 40 atom stereocenters. The van der Waals surface area contributed by atoms with Crippen LogP contribution in [-0.4, -0.2) is 518 Å². The lowest BCUT2D eigenvalue weighted by Gasteiger charge is -2.51. The average molecular weight is 2180 g/mol. The summed E-state index contributed by atoms with van der Waals surface area (Å²) in [6.45, 7) is 0. The third-order valence-electron chi connectivity index (χ3n) is 19.6. The molecular formula is C56H96O56S16. The molecule has 0 radical (unpaired) electrons. The number of rotatable bonds is 32.